The van der Waals surface area contributed by atoms with Crippen molar-refractivity contribution in [3.05, 3.63) is 77.9 Å². The molecule has 0 fully saturated rings. The van der Waals surface area contributed by atoms with Gasteiger partial charge < -0.3 is 15.8 Å². The molecule has 168 valence electrons. The average molecular weight is 480 g/mol. The number of carbonyl (C=O) groups excluding carboxylic acids is 2. The van der Waals surface area contributed by atoms with Gasteiger partial charge in [0, 0.05) is 4.88 Å². The van der Waals surface area contributed by atoms with Crippen LogP contribution in [0.15, 0.2) is 71.9 Å². The van der Waals surface area contributed by atoms with E-state index in [1.807, 2.05) is 60.7 Å². The monoisotopic (exact) mass is 479 g/mol. The summed E-state index contributed by atoms with van der Waals surface area (Å²) < 4.78 is 5.22. The normalized spacial score (nSPS) is 11.7. The van der Waals surface area contributed by atoms with Crippen LogP contribution in [-0.2, 0) is 9.53 Å². The summed E-state index contributed by atoms with van der Waals surface area (Å²) in [5.41, 5.74) is 7.66. The summed E-state index contributed by atoms with van der Waals surface area (Å²) in [7, 11) is 0. The molecule has 2 aromatic heterocycles. The molecule has 0 radical (unpaired) electrons. The highest BCUT2D eigenvalue weighted by molar-refractivity contribution is 8.00. The number of aromatic nitrogens is 3. The van der Waals surface area contributed by atoms with Crippen LogP contribution >= 0.6 is 23.1 Å². The first-order valence-corrected chi connectivity index (χ1v) is 11.8. The topological polar surface area (TPSA) is 123 Å². The van der Waals surface area contributed by atoms with Crippen molar-refractivity contribution >= 4 is 45.9 Å². The predicted molar refractivity (Wildman–Crippen MR) is 130 cm³/mol. The molecule has 2 heterocycles. The Hall–Kier alpha value is -3.63. The van der Waals surface area contributed by atoms with E-state index >= 15 is 0 Å². The van der Waals surface area contributed by atoms with Crippen LogP contribution < -0.4 is 11.1 Å². The Morgan fingerprint density at radius 1 is 1.15 bits per heavy atom. The second-order valence-electron chi connectivity index (χ2n) is 6.84. The second kappa shape index (κ2) is 10.3. The van der Waals surface area contributed by atoms with E-state index in [-0.39, 0.29) is 18.5 Å². The number of nitrogen functional groups attached to an aromatic ring is 1. The lowest BCUT2D eigenvalue weighted by atomic mass is 10.1. The fourth-order valence-corrected chi connectivity index (χ4v) is 5.06. The van der Waals surface area contributed by atoms with E-state index in [1.165, 1.54) is 11.3 Å². The number of hydrogen-bond donors (Lipinski definition) is 3. The number of esters is 1. The molecule has 0 saturated heterocycles. The zero-order valence-corrected chi connectivity index (χ0v) is 19.3. The summed E-state index contributed by atoms with van der Waals surface area (Å²) in [6, 6.07) is 20.7. The van der Waals surface area contributed by atoms with E-state index in [0.29, 0.717) is 15.7 Å². The van der Waals surface area contributed by atoms with Gasteiger partial charge in [0.15, 0.2) is 0 Å². The maximum atomic E-state index is 13.4. The molecule has 1 unspecified atom stereocenters. The van der Waals surface area contributed by atoms with Crippen LogP contribution in [0.1, 0.15) is 28.1 Å². The summed E-state index contributed by atoms with van der Waals surface area (Å²) in [4.78, 5) is 31.0. The van der Waals surface area contributed by atoms with Crippen molar-refractivity contribution in [2.45, 2.75) is 17.3 Å². The Balaban J connectivity index is 1.66. The van der Waals surface area contributed by atoms with Gasteiger partial charge in [0.2, 0.25) is 17.0 Å². The van der Waals surface area contributed by atoms with Crippen molar-refractivity contribution in [3.8, 4) is 10.4 Å². The van der Waals surface area contributed by atoms with Crippen LogP contribution in [0.3, 0.4) is 0 Å². The number of thiophene rings is 1. The fraction of sp³-hybridized carbons (Fsp3) is 0.130. The molecule has 1 amide bonds. The third kappa shape index (κ3) is 5.41. The summed E-state index contributed by atoms with van der Waals surface area (Å²) in [5, 5.41) is 9.64. The second-order valence-corrected chi connectivity index (χ2v) is 8.97. The van der Waals surface area contributed by atoms with Crippen LogP contribution in [0.5, 0.6) is 0 Å². The number of nitrogens with two attached hydrogens (primary N) is 1. The van der Waals surface area contributed by atoms with Crippen LogP contribution in [-0.4, -0.2) is 33.7 Å². The van der Waals surface area contributed by atoms with Crippen LogP contribution in [0.2, 0.25) is 0 Å². The highest BCUT2D eigenvalue weighted by Crippen LogP contribution is 2.39. The standard InChI is InChI=1S/C23H21N5O3S2/c1-2-31-21(30)16-13-17(14-9-5-3-6-10-14)32-20(16)25-19(29)18(15-11-7-4-8-12-15)33-23-26-22(24)27-28-23/h3-13,18H,2H2,1H3,(H,25,29)(H3,24,26,27,28). The van der Waals surface area contributed by atoms with Gasteiger partial charge in [-0.3, -0.25) is 4.79 Å². The van der Waals surface area contributed by atoms with E-state index < -0.39 is 11.2 Å². The van der Waals surface area contributed by atoms with E-state index in [0.717, 1.165) is 27.8 Å². The molecule has 0 aliphatic carbocycles. The number of aromatic amines is 1. The molecule has 0 spiro atoms. The maximum Gasteiger partial charge on any atom is 0.341 e. The molecule has 0 aliphatic rings. The number of ether oxygens (including phenoxy) is 1. The third-order valence-corrected chi connectivity index (χ3v) is 6.78. The number of carbonyl (C=O) groups is 2. The van der Waals surface area contributed by atoms with E-state index in [9.17, 15) is 9.59 Å². The van der Waals surface area contributed by atoms with Gasteiger partial charge in [-0.2, -0.15) is 4.98 Å². The number of H-pyrrole nitrogens is 1. The van der Waals surface area contributed by atoms with Crippen molar-refractivity contribution in [2.75, 3.05) is 17.7 Å². The minimum absolute atomic E-state index is 0.167. The van der Waals surface area contributed by atoms with E-state index in [4.69, 9.17) is 10.5 Å². The van der Waals surface area contributed by atoms with Crippen molar-refractivity contribution in [3.63, 3.8) is 0 Å². The summed E-state index contributed by atoms with van der Waals surface area (Å²) >= 11 is 2.48. The minimum atomic E-state index is -0.668. The zero-order chi connectivity index (χ0) is 23.2. The summed E-state index contributed by atoms with van der Waals surface area (Å²) in [5.74, 6) is -0.640. The fourth-order valence-electron chi connectivity index (χ4n) is 3.08. The number of nitrogens with zero attached hydrogens (tertiary/aromatic N) is 2. The molecule has 33 heavy (non-hydrogen) atoms. The van der Waals surface area contributed by atoms with Gasteiger partial charge in [-0.1, -0.05) is 72.4 Å². The number of hydrogen-bond acceptors (Lipinski definition) is 8. The van der Waals surface area contributed by atoms with Crippen molar-refractivity contribution in [1.82, 2.24) is 15.2 Å². The van der Waals surface area contributed by atoms with Gasteiger partial charge in [0.25, 0.3) is 0 Å². The first-order chi connectivity index (χ1) is 16.0. The lowest BCUT2D eigenvalue weighted by molar-refractivity contribution is -0.115. The van der Waals surface area contributed by atoms with Crippen molar-refractivity contribution < 1.29 is 14.3 Å². The number of amides is 1. The number of thioether (sulfide) groups is 1. The Labute approximate surface area is 198 Å². The van der Waals surface area contributed by atoms with Crippen molar-refractivity contribution in [1.29, 1.82) is 0 Å². The molecule has 4 aromatic rings. The molecular formula is C23H21N5O3S2. The molecule has 0 bridgehead atoms. The lowest BCUT2D eigenvalue weighted by Crippen LogP contribution is -2.20. The van der Waals surface area contributed by atoms with Crippen LogP contribution in [0, 0.1) is 0 Å². The highest BCUT2D eigenvalue weighted by Gasteiger charge is 2.27. The average Bonchev–Trinajstić information content (AvgIpc) is 3.44. The first kappa shape index (κ1) is 22.6. The quantitative estimate of drug-likeness (QED) is 0.246. The molecule has 0 saturated carbocycles. The minimum Gasteiger partial charge on any atom is -0.462 e. The smallest absolute Gasteiger partial charge is 0.341 e. The SMILES string of the molecule is CCOC(=O)c1cc(-c2ccccc2)sc1NC(=O)C(Sc1n[nH]c(N)n1)c1ccccc1. The Bertz CT molecular complexity index is 1240. The van der Waals surface area contributed by atoms with Gasteiger partial charge in [-0.25, -0.2) is 9.89 Å². The Kier molecular flexibility index (Phi) is 7.06. The van der Waals surface area contributed by atoms with E-state index in [2.05, 4.69) is 20.5 Å². The molecule has 8 nitrogen and oxygen atoms in total. The molecule has 4 rings (SSSR count). The number of rotatable bonds is 8. The first-order valence-electron chi connectivity index (χ1n) is 10.1. The Morgan fingerprint density at radius 2 is 1.85 bits per heavy atom. The van der Waals surface area contributed by atoms with Gasteiger partial charge >= 0.3 is 5.97 Å². The molecule has 0 aliphatic heterocycles. The van der Waals surface area contributed by atoms with Crippen molar-refractivity contribution in [2.24, 2.45) is 0 Å². The highest BCUT2D eigenvalue weighted by atomic mass is 32.2. The predicted octanol–water partition coefficient (Wildman–Crippen LogP) is 4.76. The van der Waals surface area contributed by atoms with Gasteiger partial charge in [-0.15, -0.1) is 16.4 Å². The molecule has 2 aromatic carbocycles. The van der Waals surface area contributed by atoms with Crippen LogP contribution in [0.25, 0.3) is 10.4 Å². The zero-order valence-electron chi connectivity index (χ0n) is 17.6. The molecule has 10 heteroatoms. The largest absolute Gasteiger partial charge is 0.462 e. The molecular weight excluding hydrogens is 458 g/mol. The number of anilines is 2. The maximum absolute atomic E-state index is 13.4. The Morgan fingerprint density at radius 3 is 2.48 bits per heavy atom. The number of nitrogens with one attached hydrogen (secondary N) is 2. The summed E-state index contributed by atoms with van der Waals surface area (Å²) in [6.07, 6.45) is 0. The number of benzene rings is 2. The molecule has 4 N–H and O–H groups in total. The lowest BCUT2D eigenvalue weighted by Gasteiger charge is -2.15. The third-order valence-electron chi connectivity index (χ3n) is 4.57. The van der Waals surface area contributed by atoms with Gasteiger partial charge in [-0.05, 0) is 24.1 Å². The van der Waals surface area contributed by atoms with Gasteiger partial charge in [0.05, 0.1) is 12.2 Å². The van der Waals surface area contributed by atoms with Gasteiger partial charge in [0.1, 0.15) is 10.3 Å². The van der Waals surface area contributed by atoms with Crippen LogP contribution in [0.4, 0.5) is 10.9 Å². The molecule has 1 atom stereocenters. The summed E-state index contributed by atoms with van der Waals surface area (Å²) in [6.45, 7) is 1.97. The van der Waals surface area contributed by atoms with E-state index in [1.54, 1.807) is 13.0 Å².